The maximum absolute atomic E-state index is 5.46. The van der Waals surface area contributed by atoms with E-state index in [0.29, 0.717) is 25.1 Å². The maximum atomic E-state index is 5.46. The van der Waals surface area contributed by atoms with E-state index in [2.05, 4.69) is 17.2 Å². The van der Waals surface area contributed by atoms with E-state index in [1.807, 2.05) is 18.3 Å². The van der Waals surface area contributed by atoms with Gasteiger partial charge in [0.15, 0.2) is 0 Å². The fraction of sp³-hybridized carbons (Fsp3) is 0.688. The first-order valence-corrected chi connectivity index (χ1v) is 7.66. The molecule has 2 unspecified atom stereocenters. The van der Waals surface area contributed by atoms with Gasteiger partial charge in [0.25, 0.3) is 0 Å². The van der Waals surface area contributed by atoms with Crippen LogP contribution in [0.1, 0.15) is 39.0 Å². The molecule has 20 heavy (non-hydrogen) atoms. The number of hydrogen-bond donors (Lipinski definition) is 1. The minimum absolute atomic E-state index is 0.539. The molecule has 4 nitrogen and oxygen atoms in total. The largest absolute Gasteiger partial charge is 0.475 e. The molecule has 1 aromatic heterocycles. The van der Waals surface area contributed by atoms with Gasteiger partial charge < -0.3 is 14.8 Å². The van der Waals surface area contributed by atoms with Crippen LogP contribution in [-0.4, -0.2) is 31.3 Å². The Bertz CT molecular complexity index is 381. The summed E-state index contributed by atoms with van der Waals surface area (Å²) in [7, 11) is 1.66. The van der Waals surface area contributed by atoms with Crippen molar-refractivity contribution in [1.82, 2.24) is 4.98 Å². The van der Waals surface area contributed by atoms with Crippen molar-refractivity contribution in [3.63, 3.8) is 0 Å². The lowest BCUT2D eigenvalue weighted by Gasteiger charge is -2.29. The standard InChI is InChI=1S/C16H26N2O2/c1-3-13-5-4-6-14(11-13)18-15-7-8-16(17-12-15)20-10-9-19-2/h7-8,12-14,18H,3-6,9-11H2,1-2H3. The predicted octanol–water partition coefficient (Wildman–Crippen LogP) is 3.49. The van der Waals surface area contributed by atoms with E-state index in [0.717, 1.165) is 11.6 Å². The zero-order chi connectivity index (χ0) is 14.2. The molecule has 2 rings (SSSR count). The molecule has 1 fully saturated rings. The second-order valence-corrected chi connectivity index (χ2v) is 5.51. The minimum Gasteiger partial charge on any atom is -0.475 e. The molecule has 0 amide bonds. The number of nitrogens with one attached hydrogen (secondary N) is 1. The summed E-state index contributed by atoms with van der Waals surface area (Å²) < 4.78 is 10.4. The Morgan fingerprint density at radius 2 is 2.20 bits per heavy atom. The first-order chi connectivity index (χ1) is 9.81. The number of aromatic nitrogens is 1. The van der Waals surface area contributed by atoms with Gasteiger partial charge in [0.1, 0.15) is 6.61 Å². The first kappa shape index (κ1) is 15.1. The van der Waals surface area contributed by atoms with Crippen molar-refractivity contribution >= 4 is 5.69 Å². The Morgan fingerprint density at radius 3 is 2.90 bits per heavy atom. The smallest absolute Gasteiger partial charge is 0.213 e. The Kier molecular flexibility index (Phi) is 6.12. The van der Waals surface area contributed by atoms with Crippen LogP contribution in [0.5, 0.6) is 5.88 Å². The third kappa shape index (κ3) is 4.67. The van der Waals surface area contributed by atoms with E-state index in [4.69, 9.17) is 9.47 Å². The van der Waals surface area contributed by atoms with E-state index < -0.39 is 0 Å². The molecule has 0 aliphatic heterocycles. The topological polar surface area (TPSA) is 43.4 Å². The zero-order valence-electron chi connectivity index (χ0n) is 12.6. The van der Waals surface area contributed by atoms with Crippen LogP contribution in [0, 0.1) is 5.92 Å². The van der Waals surface area contributed by atoms with Crippen LogP contribution in [0.3, 0.4) is 0 Å². The summed E-state index contributed by atoms with van der Waals surface area (Å²) in [6.07, 6.45) is 8.42. The lowest BCUT2D eigenvalue weighted by molar-refractivity contribution is 0.144. The molecule has 1 heterocycles. The summed E-state index contributed by atoms with van der Waals surface area (Å²) in [5, 5.41) is 3.60. The maximum Gasteiger partial charge on any atom is 0.213 e. The fourth-order valence-electron chi connectivity index (χ4n) is 2.81. The molecule has 0 aromatic carbocycles. The van der Waals surface area contributed by atoms with Crippen LogP contribution in [-0.2, 0) is 4.74 Å². The normalized spacial score (nSPS) is 22.5. The van der Waals surface area contributed by atoms with Gasteiger partial charge in [-0.2, -0.15) is 0 Å². The summed E-state index contributed by atoms with van der Waals surface area (Å²) in [5.74, 6) is 1.54. The van der Waals surface area contributed by atoms with Gasteiger partial charge in [-0.1, -0.05) is 26.2 Å². The molecule has 1 N–H and O–H groups in total. The van der Waals surface area contributed by atoms with Crippen molar-refractivity contribution in [2.24, 2.45) is 5.92 Å². The summed E-state index contributed by atoms with van der Waals surface area (Å²) >= 11 is 0. The summed E-state index contributed by atoms with van der Waals surface area (Å²) in [6.45, 7) is 3.42. The number of pyridine rings is 1. The van der Waals surface area contributed by atoms with Crippen LogP contribution >= 0.6 is 0 Å². The highest BCUT2D eigenvalue weighted by Crippen LogP contribution is 2.28. The monoisotopic (exact) mass is 278 g/mol. The molecular formula is C16H26N2O2. The van der Waals surface area contributed by atoms with Crippen molar-refractivity contribution in [2.45, 2.75) is 45.1 Å². The van der Waals surface area contributed by atoms with Crippen molar-refractivity contribution in [2.75, 3.05) is 25.6 Å². The van der Waals surface area contributed by atoms with Gasteiger partial charge in [0, 0.05) is 19.2 Å². The number of methoxy groups -OCH3 is 1. The average molecular weight is 278 g/mol. The highest BCUT2D eigenvalue weighted by atomic mass is 16.5. The van der Waals surface area contributed by atoms with Gasteiger partial charge >= 0.3 is 0 Å². The number of rotatable bonds is 7. The molecule has 0 radical (unpaired) electrons. The Morgan fingerprint density at radius 1 is 1.30 bits per heavy atom. The summed E-state index contributed by atoms with van der Waals surface area (Å²) in [5.41, 5.74) is 1.09. The van der Waals surface area contributed by atoms with Gasteiger partial charge in [-0.3, -0.25) is 0 Å². The molecule has 0 spiro atoms. The molecule has 1 aliphatic carbocycles. The molecule has 112 valence electrons. The molecule has 0 bridgehead atoms. The Labute approximate surface area is 121 Å². The van der Waals surface area contributed by atoms with E-state index in [9.17, 15) is 0 Å². The van der Waals surface area contributed by atoms with Crippen LogP contribution in [0.25, 0.3) is 0 Å². The van der Waals surface area contributed by atoms with Crippen LogP contribution in [0.2, 0.25) is 0 Å². The molecule has 0 saturated heterocycles. The van der Waals surface area contributed by atoms with Crippen LogP contribution in [0.15, 0.2) is 18.3 Å². The molecular weight excluding hydrogens is 252 g/mol. The fourth-order valence-corrected chi connectivity index (χ4v) is 2.81. The average Bonchev–Trinajstić information content (AvgIpc) is 2.49. The van der Waals surface area contributed by atoms with Gasteiger partial charge in [0.2, 0.25) is 5.88 Å². The highest BCUT2D eigenvalue weighted by molar-refractivity contribution is 5.43. The second-order valence-electron chi connectivity index (χ2n) is 5.51. The van der Waals surface area contributed by atoms with Gasteiger partial charge in [0.05, 0.1) is 18.5 Å². The SMILES string of the molecule is CCC1CCCC(Nc2ccc(OCCOC)nc2)C1. The van der Waals surface area contributed by atoms with Gasteiger partial charge in [-0.15, -0.1) is 0 Å². The summed E-state index contributed by atoms with van der Waals surface area (Å²) in [6, 6.07) is 4.55. The molecule has 1 aliphatic rings. The molecule has 1 saturated carbocycles. The van der Waals surface area contributed by atoms with E-state index >= 15 is 0 Å². The predicted molar refractivity (Wildman–Crippen MR) is 81.3 cm³/mol. The number of hydrogen-bond acceptors (Lipinski definition) is 4. The number of nitrogens with zero attached hydrogens (tertiary/aromatic N) is 1. The molecule has 4 heteroatoms. The van der Waals surface area contributed by atoms with E-state index in [1.165, 1.54) is 32.1 Å². The Balaban J connectivity index is 1.80. The minimum atomic E-state index is 0.539. The first-order valence-electron chi connectivity index (χ1n) is 7.66. The van der Waals surface area contributed by atoms with Crippen molar-refractivity contribution < 1.29 is 9.47 Å². The third-order valence-corrected chi connectivity index (χ3v) is 4.00. The van der Waals surface area contributed by atoms with Crippen molar-refractivity contribution in [1.29, 1.82) is 0 Å². The Hall–Kier alpha value is -1.29. The lowest BCUT2D eigenvalue weighted by Crippen LogP contribution is -2.27. The summed E-state index contributed by atoms with van der Waals surface area (Å²) in [4.78, 5) is 4.31. The van der Waals surface area contributed by atoms with Crippen molar-refractivity contribution in [3.8, 4) is 5.88 Å². The molecule has 2 atom stereocenters. The zero-order valence-corrected chi connectivity index (χ0v) is 12.6. The van der Waals surface area contributed by atoms with E-state index in [-0.39, 0.29) is 0 Å². The number of anilines is 1. The van der Waals surface area contributed by atoms with Gasteiger partial charge in [-0.05, 0) is 24.8 Å². The lowest BCUT2D eigenvalue weighted by atomic mass is 9.84. The van der Waals surface area contributed by atoms with E-state index in [1.54, 1.807) is 7.11 Å². The van der Waals surface area contributed by atoms with Crippen LogP contribution in [0.4, 0.5) is 5.69 Å². The van der Waals surface area contributed by atoms with Crippen molar-refractivity contribution in [3.05, 3.63) is 18.3 Å². The third-order valence-electron chi connectivity index (χ3n) is 4.00. The quantitative estimate of drug-likeness (QED) is 0.775. The van der Waals surface area contributed by atoms with Crippen LogP contribution < -0.4 is 10.1 Å². The number of ether oxygens (including phenoxy) is 2. The van der Waals surface area contributed by atoms with Gasteiger partial charge in [-0.25, -0.2) is 4.98 Å². The second kappa shape index (κ2) is 8.10. The highest BCUT2D eigenvalue weighted by Gasteiger charge is 2.20. The molecule has 1 aromatic rings.